The second kappa shape index (κ2) is 8.15. The summed E-state index contributed by atoms with van der Waals surface area (Å²) in [6.07, 6.45) is 4.34. The first-order valence-corrected chi connectivity index (χ1v) is 11.5. The van der Waals surface area contributed by atoms with Gasteiger partial charge in [0.25, 0.3) is 0 Å². The number of alkyl halides is 1. The molecule has 1 aliphatic rings. The molecule has 120 valence electrons. The monoisotopic (exact) mass is 368 g/mol. The van der Waals surface area contributed by atoms with E-state index in [1.165, 1.54) is 6.26 Å². The average Bonchev–Trinajstić information content (AvgIpc) is 2.91. The molecule has 1 aromatic rings. The lowest BCUT2D eigenvalue weighted by Gasteiger charge is -2.33. The van der Waals surface area contributed by atoms with Gasteiger partial charge in [0.15, 0.2) is 9.84 Å². The molecule has 1 saturated heterocycles. The molecule has 0 aromatic carbocycles. The molecule has 0 amide bonds. The predicted octanol–water partition coefficient (Wildman–Crippen LogP) is 2.62. The fourth-order valence-electron chi connectivity index (χ4n) is 2.38. The predicted molar refractivity (Wildman–Crippen MR) is 92.1 cm³/mol. The molecular weight excluding hydrogens is 348 g/mol. The smallest absolute Gasteiger partial charge is 0.164 e. The van der Waals surface area contributed by atoms with Gasteiger partial charge in [-0.3, -0.25) is 4.90 Å². The lowest BCUT2D eigenvalue weighted by atomic mass is 10.2. The number of hydrogen-bond donors (Lipinski definition) is 0. The third kappa shape index (κ3) is 5.39. The third-order valence-corrected chi connectivity index (χ3v) is 7.43. The van der Waals surface area contributed by atoms with Crippen molar-refractivity contribution in [1.29, 1.82) is 0 Å². The van der Waals surface area contributed by atoms with E-state index in [0.717, 1.165) is 48.8 Å². The van der Waals surface area contributed by atoms with Crippen LogP contribution in [0.15, 0.2) is 5.38 Å². The SMILES string of the molecule is CS(=O)(=O)C1CSCCN1CCCCc1nc(CCl)cs1. The van der Waals surface area contributed by atoms with Crippen molar-refractivity contribution in [2.24, 2.45) is 0 Å². The van der Waals surface area contributed by atoms with Crippen molar-refractivity contribution in [3.05, 3.63) is 16.1 Å². The maximum Gasteiger partial charge on any atom is 0.164 e. The van der Waals surface area contributed by atoms with Crippen LogP contribution in [0.2, 0.25) is 0 Å². The highest BCUT2D eigenvalue weighted by molar-refractivity contribution is 8.00. The fraction of sp³-hybridized carbons (Fsp3) is 0.769. The van der Waals surface area contributed by atoms with Crippen LogP contribution >= 0.6 is 34.7 Å². The van der Waals surface area contributed by atoms with Gasteiger partial charge < -0.3 is 0 Å². The number of rotatable bonds is 7. The van der Waals surface area contributed by atoms with Crippen molar-refractivity contribution in [1.82, 2.24) is 9.88 Å². The van der Waals surface area contributed by atoms with Crippen LogP contribution < -0.4 is 0 Å². The van der Waals surface area contributed by atoms with E-state index < -0.39 is 9.84 Å². The number of hydrogen-bond acceptors (Lipinski definition) is 6. The minimum absolute atomic E-state index is 0.307. The van der Waals surface area contributed by atoms with Crippen LogP contribution in [0.4, 0.5) is 0 Å². The Balaban J connectivity index is 1.76. The molecular formula is C13H21ClN2O2S3. The first-order chi connectivity index (χ1) is 10.0. The first-order valence-electron chi connectivity index (χ1n) is 7.00. The number of aromatic nitrogens is 1. The van der Waals surface area contributed by atoms with Gasteiger partial charge in [0.1, 0.15) is 5.37 Å². The summed E-state index contributed by atoms with van der Waals surface area (Å²) in [6.45, 7) is 1.72. The Hall–Kier alpha value is 0.180. The Kier molecular flexibility index (Phi) is 6.80. The summed E-state index contributed by atoms with van der Waals surface area (Å²) in [5.41, 5.74) is 0.946. The molecule has 0 radical (unpaired) electrons. The molecule has 1 fully saturated rings. The lowest BCUT2D eigenvalue weighted by Crippen LogP contribution is -2.47. The van der Waals surface area contributed by atoms with Crippen molar-refractivity contribution in [3.63, 3.8) is 0 Å². The maximum absolute atomic E-state index is 11.8. The molecule has 0 N–H and O–H groups in total. The zero-order valence-electron chi connectivity index (χ0n) is 12.1. The molecule has 1 aromatic heterocycles. The summed E-state index contributed by atoms with van der Waals surface area (Å²) in [5, 5.41) is 2.82. The summed E-state index contributed by atoms with van der Waals surface area (Å²) in [6, 6.07) is 0. The minimum atomic E-state index is -2.98. The van der Waals surface area contributed by atoms with E-state index >= 15 is 0 Å². The van der Waals surface area contributed by atoms with Gasteiger partial charge in [0.2, 0.25) is 0 Å². The molecule has 2 heterocycles. The molecule has 21 heavy (non-hydrogen) atoms. The summed E-state index contributed by atoms with van der Waals surface area (Å²) in [5.74, 6) is 2.19. The van der Waals surface area contributed by atoms with E-state index in [2.05, 4.69) is 9.88 Å². The maximum atomic E-state index is 11.8. The Morgan fingerprint density at radius 1 is 1.48 bits per heavy atom. The Morgan fingerprint density at radius 2 is 2.29 bits per heavy atom. The highest BCUT2D eigenvalue weighted by Gasteiger charge is 2.30. The topological polar surface area (TPSA) is 50.3 Å². The van der Waals surface area contributed by atoms with Crippen molar-refractivity contribution in [2.75, 3.05) is 30.9 Å². The molecule has 0 saturated carbocycles. The number of thiazole rings is 1. The first kappa shape index (κ1) is 17.5. The van der Waals surface area contributed by atoms with E-state index in [9.17, 15) is 8.42 Å². The molecule has 1 unspecified atom stereocenters. The quantitative estimate of drug-likeness (QED) is 0.547. The summed E-state index contributed by atoms with van der Waals surface area (Å²) in [4.78, 5) is 6.56. The van der Waals surface area contributed by atoms with Crippen molar-refractivity contribution in [2.45, 2.75) is 30.5 Å². The normalized spacial score (nSPS) is 20.8. The van der Waals surface area contributed by atoms with Gasteiger partial charge >= 0.3 is 0 Å². The average molecular weight is 369 g/mol. The van der Waals surface area contributed by atoms with Gasteiger partial charge in [0, 0.05) is 29.7 Å². The molecule has 1 atom stereocenters. The largest absolute Gasteiger partial charge is 0.286 e. The van der Waals surface area contributed by atoms with Crippen molar-refractivity contribution < 1.29 is 8.42 Å². The number of unbranched alkanes of at least 4 members (excludes halogenated alkanes) is 1. The minimum Gasteiger partial charge on any atom is -0.286 e. The second-order valence-corrected chi connectivity index (χ2v) is 9.78. The van der Waals surface area contributed by atoms with Gasteiger partial charge in [-0.15, -0.1) is 22.9 Å². The van der Waals surface area contributed by atoms with Crippen LogP contribution in [0.1, 0.15) is 23.5 Å². The summed E-state index contributed by atoms with van der Waals surface area (Å²) in [7, 11) is -2.98. The van der Waals surface area contributed by atoms with E-state index in [0.29, 0.717) is 11.6 Å². The van der Waals surface area contributed by atoms with Crippen molar-refractivity contribution >= 4 is 44.5 Å². The van der Waals surface area contributed by atoms with Crippen LogP contribution in [0.5, 0.6) is 0 Å². The number of halogens is 1. The standard InChI is InChI=1S/C13H21ClN2O2S3/c1-21(17,18)13-10-19-7-6-16(13)5-3-2-4-12-15-11(8-14)9-20-12/h9,13H,2-8,10H2,1H3. The summed E-state index contributed by atoms with van der Waals surface area (Å²) >= 11 is 9.13. The second-order valence-electron chi connectivity index (χ2n) is 5.22. The van der Waals surface area contributed by atoms with Gasteiger partial charge in [0.05, 0.1) is 16.6 Å². The molecule has 1 aliphatic heterocycles. The van der Waals surface area contributed by atoms with Crippen molar-refractivity contribution in [3.8, 4) is 0 Å². The number of aryl methyl sites for hydroxylation is 1. The highest BCUT2D eigenvalue weighted by atomic mass is 35.5. The fourth-order valence-corrected chi connectivity index (χ4v) is 6.42. The van der Waals surface area contributed by atoms with Crippen LogP contribution in [-0.4, -0.2) is 54.5 Å². The van der Waals surface area contributed by atoms with Crippen LogP contribution in [0.3, 0.4) is 0 Å². The summed E-state index contributed by atoms with van der Waals surface area (Å²) < 4.78 is 23.6. The van der Waals surface area contributed by atoms with E-state index in [1.54, 1.807) is 23.1 Å². The Morgan fingerprint density at radius 3 is 2.95 bits per heavy atom. The van der Waals surface area contributed by atoms with Gasteiger partial charge in [-0.2, -0.15) is 11.8 Å². The lowest BCUT2D eigenvalue weighted by molar-refractivity contribution is 0.265. The molecule has 2 rings (SSSR count). The van der Waals surface area contributed by atoms with E-state index in [4.69, 9.17) is 11.6 Å². The van der Waals surface area contributed by atoms with Gasteiger partial charge in [-0.25, -0.2) is 13.4 Å². The molecule has 8 heteroatoms. The number of thioether (sulfide) groups is 1. The molecule has 0 spiro atoms. The third-order valence-electron chi connectivity index (χ3n) is 3.51. The molecule has 0 bridgehead atoms. The van der Waals surface area contributed by atoms with Crippen LogP contribution in [0, 0.1) is 0 Å². The Labute approximate surface area is 140 Å². The molecule has 4 nitrogen and oxygen atoms in total. The zero-order valence-corrected chi connectivity index (χ0v) is 15.3. The van der Waals surface area contributed by atoms with Crippen LogP contribution in [-0.2, 0) is 22.1 Å². The highest BCUT2D eigenvalue weighted by Crippen LogP contribution is 2.21. The van der Waals surface area contributed by atoms with Gasteiger partial charge in [-0.05, 0) is 25.8 Å². The van der Waals surface area contributed by atoms with E-state index in [-0.39, 0.29) is 5.37 Å². The molecule has 0 aliphatic carbocycles. The van der Waals surface area contributed by atoms with Crippen LogP contribution in [0.25, 0.3) is 0 Å². The Bertz CT molecular complexity index is 547. The number of nitrogens with zero attached hydrogens (tertiary/aromatic N) is 2. The zero-order chi connectivity index (χ0) is 15.3. The van der Waals surface area contributed by atoms with E-state index in [1.807, 2.05) is 5.38 Å². The van der Waals surface area contributed by atoms with Gasteiger partial charge in [-0.1, -0.05) is 0 Å². The number of sulfone groups is 1.